The summed E-state index contributed by atoms with van der Waals surface area (Å²) in [6.45, 7) is 2.93. The van der Waals surface area contributed by atoms with E-state index >= 15 is 0 Å². The van der Waals surface area contributed by atoms with Crippen LogP contribution in [0.3, 0.4) is 0 Å². The molecule has 8 heteroatoms. The Morgan fingerprint density at radius 1 is 1.43 bits per heavy atom. The zero-order valence-electron chi connectivity index (χ0n) is 11.9. The summed E-state index contributed by atoms with van der Waals surface area (Å²) in [6.07, 6.45) is 3.51. The molecule has 1 aliphatic rings. The molecule has 1 unspecified atom stereocenters. The third-order valence-electron chi connectivity index (χ3n) is 3.64. The van der Waals surface area contributed by atoms with E-state index in [1.807, 2.05) is 0 Å². The highest BCUT2D eigenvalue weighted by Crippen LogP contribution is 2.39. The quantitative estimate of drug-likeness (QED) is 0.614. The van der Waals surface area contributed by atoms with Gasteiger partial charge in [-0.05, 0) is 26.2 Å². The molecule has 1 aromatic heterocycles. The van der Waals surface area contributed by atoms with Crippen LogP contribution in [0.2, 0.25) is 0 Å². The summed E-state index contributed by atoms with van der Waals surface area (Å²) in [5.74, 6) is -1.26. The summed E-state index contributed by atoms with van der Waals surface area (Å²) in [7, 11) is 0. The average Bonchev–Trinajstić information content (AvgIpc) is 2.82. The number of aromatic carboxylic acids is 1. The highest BCUT2D eigenvalue weighted by atomic mass is 16.4. The lowest BCUT2D eigenvalue weighted by molar-refractivity contribution is -0.130. The largest absolute Gasteiger partial charge is 0.477 e. The van der Waals surface area contributed by atoms with Crippen LogP contribution in [0.5, 0.6) is 0 Å². The molecular formula is C13H18N4O4. The van der Waals surface area contributed by atoms with E-state index in [2.05, 4.69) is 20.6 Å². The van der Waals surface area contributed by atoms with Crippen LogP contribution in [0.4, 0.5) is 0 Å². The lowest BCUT2D eigenvalue weighted by atomic mass is 9.76. The zero-order chi connectivity index (χ0) is 15.6. The third-order valence-corrected chi connectivity index (χ3v) is 3.64. The van der Waals surface area contributed by atoms with Crippen LogP contribution in [0, 0.1) is 0 Å². The number of imidazole rings is 1. The Bertz CT molecular complexity index is 576. The van der Waals surface area contributed by atoms with Crippen LogP contribution >= 0.6 is 0 Å². The Morgan fingerprint density at radius 3 is 2.52 bits per heavy atom. The second-order valence-electron chi connectivity index (χ2n) is 5.30. The van der Waals surface area contributed by atoms with Crippen LogP contribution < -0.4 is 10.6 Å². The standard InChI is InChI=1S/C13H18N4O4/c1-7(15-8(2)18)10(19)17-13(4-3-5-13)12-14-6-9(16-12)11(20)21/h6-7H,3-5H2,1-2H3,(H,14,16)(H,15,18)(H,17,19)(H,20,21). The highest BCUT2D eigenvalue weighted by molar-refractivity contribution is 5.87. The number of aromatic amines is 1. The van der Waals surface area contributed by atoms with Crippen molar-refractivity contribution < 1.29 is 19.5 Å². The van der Waals surface area contributed by atoms with Gasteiger partial charge in [-0.2, -0.15) is 0 Å². The fraction of sp³-hybridized carbons (Fsp3) is 0.538. The summed E-state index contributed by atoms with van der Waals surface area (Å²) < 4.78 is 0. The predicted molar refractivity (Wildman–Crippen MR) is 72.5 cm³/mol. The molecule has 0 radical (unpaired) electrons. The Labute approximate surface area is 121 Å². The van der Waals surface area contributed by atoms with Gasteiger partial charge in [-0.25, -0.2) is 9.78 Å². The number of amides is 2. The topological polar surface area (TPSA) is 124 Å². The van der Waals surface area contributed by atoms with Gasteiger partial charge in [-0.15, -0.1) is 0 Å². The number of hydrogen-bond donors (Lipinski definition) is 4. The lowest BCUT2D eigenvalue weighted by Crippen LogP contribution is -2.56. The molecule has 0 spiro atoms. The summed E-state index contributed by atoms with van der Waals surface area (Å²) in [5.41, 5.74) is -0.683. The smallest absolute Gasteiger partial charge is 0.353 e. The Morgan fingerprint density at radius 2 is 2.10 bits per heavy atom. The second kappa shape index (κ2) is 5.55. The lowest BCUT2D eigenvalue weighted by Gasteiger charge is -2.41. The highest BCUT2D eigenvalue weighted by Gasteiger charge is 2.43. The normalized spacial score (nSPS) is 17.4. The molecule has 21 heavy (non-hydrogen) atoms. The number of aromatic nitrogens is 2. The maximum Gasteiger partial charge on any atom is 0.353 e. The van der Waals surface area contributed by atoms with Crippen molar-refractivity contribution in [1.29, 1.82) is 0 Å². The molecule has 2 amide bonds. The summed E-state index contributed by atoms with van der Waals surface area (Å²) >= 11 is 0. The Hall–Kier alpha value is -2.38. The molecule has 1 heterocycles. The number of carbonyl (C=O) groups is 3. The number of carboxylic acids is 1. The fourth-order valence-electron chi connectivity index (χ4n) is 2.34. The van der Waals surface area contributed by atoms with Crippen LogP contribution in [-0.2, 0) is 15.1 Å². The predicted octanol–water partition coefficient (Wildman–Crippen LogP) is 0.128. The van der Waals surface area contributed by atoms with E-state index in [4.69, 9.17) is 5.11 Å². The van der Waals surface area contributed by atoms with Crippen LogP contribution in [0.25, 0.3) is 0 Å². The number of H-pyrrole nitrogens is 1. The van der Waals surface area contributed by atoms with Gasteiger partial charge in [0.2, 0.25) is 11.8 Å². The van der Waals surface area contributed by atoms with Gasteiger partial charge in [0.25, 0.3) is 0 Å². The van der Waals surface area contributed by atoms with E-state index in [1.54, 1.807) is 6.92 Å². The van der Waals surface area contributed by atoms with Crippen molar-refractivity contribution in [3.8, 4) is 0 Å². The molecule has 1 aliphatic carbocycles. The maximum absolute atomic E-state index is 12.1. The van der Waals surface area contributed by atoms with Gasteiger partial charge in [0.15, 0.2) is 0 Å². The minimum Gasteiger partial charge on any atom is -0.477 e. The number of nitrogens with zero attached hydrogens (tertiary/aromatic N) is 1. The third kappa shape index (κ3) is 3.04. The molecular weight excluding hydrogens is 276 g/mol. The molecule has 4 N–H and O–H groups in total. The van der Waals surface area contributed by atoms with Crippen molar-refractivity contribution >= 4 is 17.8 Å². The first-order valence-corrected chi connectivity index (χ1v) is 6.72. The molecule has 1 saturated carbocycles. The van der Waals surface area contributed by atoms with Crippen molar-refractivity contribution in [2.24, 2.45) is 0 Å². The number of rotatable bonds is 5. The molecule has 8 nitrogen and oxygen atoms in total. The molecule has 2 rings (SSSR count). The number of carboxylic acid groups (broad SMARTS) is 1. The fourth-order valence-corrected chi connectivity index (χ4v) is 2.34. The number of carbonyl (C=O) groups excluding carboxylic acids is 2. The molecule has 0 aromatic carbocycles. The van der Waals surface area contributed by atoms with Gasteiger partial charge in [-0.1, -0.05) is 0 Å². The van der Waals surface area contributed by atoms with E-state index < -0.39 is 17.6 Å². The van der Waals surface area contributed by atoms with Gasteiger partial charge >= 0.3 is 5.97 Å². The molecule has 1 fully saturated rings. The first kappa shape index (κ1) is 15.0. The molecule has 0 saturated heterocycles. The number of nitrogens with one attached hydrogen (secondary N) is 3. The summed E-state index contributed by atoms with van der Waals surface area (Å²) in [5, 5.41) is 14.3. The van der Waals surface area contributed by atoms with Gasteiger partial charge in [-0.3, -0.25) is 9.59 Å². The summed E-state index contributed by atoms with van der Waals surface area (Å²) in [4.78, 5) is 40.8. The van der Waals surface area contributed by atoms with E-state index in [-0.39, 0.29) is 17.5 Å². The summed E-state index contributed by atoms with van der Waals surface area (Å²) in [6, 6.07) is -0.658. The van der Waals surface area contributed by atoms with Crippen LogP contribution in [-0.4, -0.2) is 38.9 Å². The second-order valence-corrected chi connectivity index (χ2v) is 5.30. The van der Waals surface area contributed by atoms with Crippen molar-refractivity contribution in [3.05, 3.63) is 17.7 Å². The van der Waals surface area contributed by atoms with Crippen molar-refractivity contribution in [2.45, 2.75) is 44.7 Å². The van der Waals surface area contributed by atoms with E-state index in [1.165, 1.54) is 13.1 Å². The molecule has 1 atom stereocenters. The first-order valence-electron chi connectivity index (χ1n) is 6.72. The van der Waals surface area contributed by atoms with Gasteiger partial charge in [0.05, 0.1) is 11.7 Å². The van der Waals surface area contributed by atoms with E-state index in [0.717, 1.165) is 6.42 Å². The minimum atomic E-state index is -1.10. The first-order chi connectivity index (χ1) is 9.84. The van der Waals surface area contributed by atoms with Gasteiger partial charge in [0.1, 0.15) is 17.6 Å². The van der Waals surface area contributed by atoms with E-state index in [9.17, 15) is 14.4 Å². The maximum atomic E-state index is 12.1. The molecule has 1 aromatic rings. The van der Waals surface area contributed by atoms with Crippen molar-refractivity contribution in [3.63, 3.8) is 0 Å². The SMILES string of the molecule is CC(=O)NC(C)C(=O)NC1(c2ncc(C(=O)O)[nH]2)CCC1. The molecule has 114 valence electrons. The Balaban J connectivity index is 2.12. The van der Waals surface area contributed by atoms with Crippen molar-refractivity contribution in [2.75, 3.05) is 0 Å². The molecule has 0 aliphatic heterocycles. The number of hydrogen-bond acceptors (Lipinski definition) is 4. The van der Waals surface area contributed by atoms with E-state index in [0.29, 0.717) is 18.7 Å². The van der Waals surface area contributed by atoms with Crippen LogP contribution in [0.15, 0.2) is 6.20 Å². The Kier molecular flexibility index (Phi) is 3.97. The average molecular weight is 294 g/mol. The molecule has 0 bridgehead atoms. The monoisotopic (exact) mass is 294 g/mol. The minimum absolute atomic E-state index is 0.0135. The van der Waals surface area contributed by atoms with Gasteiger partial charge in [0, 0.05) is 6.92 Å². The van der Waals surface area contributed by atoms with Gasteiger partial charge < -0.3 is 20.7 Å². The zero-order valence-corrected chi connectivity index (χ0v) is 11.9. The van der Waals surface area contributed by atoms with Crippen molar-refractivity contribution in [1.82, 2.24) is 20.6 Å². The van der Waals surface area contributed by atoms with Crippen LogP contribution in [0.1, 0.15) is 49.4 Å².